The zero-order valence-corrected chi connectivity index (χ0v) is 15.6. The maximum Gasteiger partial charge on any atom is 0.372 e. The zero-order chi connectivity index (χ0) is 23.9. The number of hydrogen-bond acceptors (Lipinski definition) is 9. The third-order valence-corrected chi connectivity index (χ3v) is 2.97. The minimum absolute atomic E-state index is 0.0703. The third-order valence-electron chi connectivity index (χ3n) is 2.97. The SMILES string of the molecule is O=C(O)CCC(=O)C(=O)O.O=C(O)CN(CCN(CC(=O)O)CC(=O)O)CC(=O)O. The highest BCUT2D eigenvalue weighted by atomic mass is 16.4. The molecule has 0 heterocycles. The van der Waals surface area contributed by atoms with Gasteiger partial charge in [0.05, 0.1) is 32.6 Å². The molecule has 0 rings (SSSR count). The van der Waals surface area contributed by atoms with E-state index in [0.29, 0.717) is 0 Å². The summed E-state index contributed by atoms with van der Waals surface area (Å²) in [5.74, 6) is -8.73. The number of carboxylic acids is 6. The number of rotatable bonds is 15. The lowest BCUT2D eigenvalue weighted by Crippen LogP contribution is -2.43. The summed E-state index contributed by atoms with van der Waals surface area (Å²) in [7, 11) is 0. The van der Waals surface area contributed by atoms with Gasteiger partial charge in [-0.25, -0.2) is 4.79 Å². The first-order valence-corrected chi connectivity index (χ1v) is 8.04. The van der Waals surface area contributed by atoms with Crippen LogP contribution in [0.4, 0.5) is 0 Å². The number of hydrogen-bond donors (Lipinski definition) is 6. The van der Waals surface area contributed by atoms with Crippen LogP contribution in [0.2, 0.25) is 0 Å². The first kappa shape index (κ1) is 28.6. The average Bonchev–Trinajstić information content (AvgIpc) is 2.55. The van der Waals surface area contributed by atoms with Crippen LogP contribution in [0.15, 0.2) is 0 Å². The summed E-state index contributed by atoms with van der Waals surface area (Å²) < 4.78 is 0. The molecule has 0 saturated carbocycles. The summed E-state index contributed by atoms with van der Waals surface area (Å²) in [4.78, 5) is 74.1. The van der Waals surface area contributed by atoms with Gasteiger partial charge in [-0.2, -0.15) is 0 Å². The maximum absolute atomic E-state index is 10.6. The van der Waals surface area contributed by atoms with Crippen molar-refractivity contribution in [2.45, 2.75) is 12.8 Å². The molecule has 0 fully saturated rings. The first-order valence-electron chi connectivity index (χ1n) is 8.04. The average molecular weight is 438 g/mol. The highest BCUT2D eigenvalue weighted by Crippen LogP contribution is 1.94. The minimum atomic E-state index is -1.58. The molecule has 0 radical (unpaired) electrons. The zero-order valence-electron chi connectivity index (χ0n) is 15.6. The van der Waals surface area contributed by atoms with Crippen molar-refractivity contribution < 1.29 is 64.2 Å². The van der Waals surface area contributed by atoms with E-state index in [0.717, 1.165) is 9.80 Å². The van der Waals surface area contributed by atoms with Gasteiger partial charge in [0.15, 0.2) is 0 Å². The molecule has 15 heteroatoms. The normalized spacial score (nSPS) is 10.1. The monoisotopic (exact) mass is 438 g/mol. The molecular formula is C15H22N2O13. The Bertz CT molecular complexity index is 593. The predicted molar refractivity (Wildman–Crippen MR) is 92.9 cm³/mol. The lowest BCUT2D eigenvalue weighted by molar-refractivity contribution is -0.150. The Hall–Kier alpha value is -3.59. The Morgan fingerprint density at radius 2 is 0.767 bits per heavy atom. The summed E-state index contributed by atoms with van der Waals surface area (Å²) in [6, 6.07) is 0. The number of Topliss-reactive ketones (excluding diaryl/α,β-unsaturated/α-hetero) is 1. The van der Waals surface area contributed by atoms with Crippen molar-refractivity contribution in [3.8, 4) is 0 Å². The summed E-state index contributed by atoms with van der Waals surface area (Å²) in [6.07, 6.45) is -0.865. The minimum Gasteiger partial charge on any atom is -0.481 e. The number of aliphatic carboxylic acids is 6. The van der Waals surface area contributed by atoms with Gasteiger partial charge in [-0.05, 0) is 0 Å². The summed E-state index contributed by atoms with van der Waals surface area (Å²) >= 11 is 0. The molecule has 0 atom stereocenters. The molecule has 0 bridgehead atoms. The quantitative estimate of drug-likeness (QED) is 0.144. The Balaban J connectivity index is 0. The van der Waals surface area contributed by atoms with Gasteiger partial charge in [0.25, 0.3) is 0 Å². The molecule has 0 unspecified atom stereocenters. The molecule has 15 nitrogen and oxygen atoms in total. The predicted octanol–water partition coefficient (Wildman–Crippen LogP) is -2.57. The summed E-state index contributed by atoms with van der Waals surface area (Å²) in [5, 5.41) is 50.4. The van der Waals surface area contributed by atoms with E-state index in [4.69, 9.17) is 30.6 Å². The standard InChI is InChI=1S/C10H16N2O8.C5H6O5/c13-7(14)3-11(4-8(15)16)1-2-12(5-9(17)18)6-10(19)20;6-3(5(9)10)1-2-4(7)8/h1-6H2,(H,13,14)(H,15,16)(H,17,18)(H,19,20);1-2H2,(H,7,8)(H,9,10). The van der Waals surface area contributed by atoms with Crippen molar-refractivity contribution in [2.75, 3.05) is 39.3 Å². The van der Waals surface area contributed by atoms with Crippen LogP contribution in [0.5, 0.6) is 0 Å². The van der Waals surface area contributed by atoms with Crippen LogP contribution < -0.4 is 0 Å². The fourth-order valence-corrected chi connectivity index (χ4v) is 1.80. The van der Waals surface area contributed by atoms with Gasteiger partial charge >= 0.3 is 35.8 Å². The molecule has 0 aromatic carbocycles. The van der Waals surface area contributed by atoms with Gasteiger partial charge in [-0.15, -0.1) is 0 Å². The largest absolute Gasteiger partial charge is 0.481 e. The van der Waals surface area contributed by atoms with Crippen LogP contribution in [0.25, 0.3) is 0 Å². The summed E-state index contributed by atoms with van der Waals surface area (Å²) in [5.41, 5.74) is 0. The Morgan fingerprint density at radius 3 is 0.967 bits per heavy atom. The van der Waals surface area contributed by atoms with Gasteiger partial charge < -0.3 is 30.6 Å². The van der Waals surface area contributed by atoms with Gasteiger partial charge in [0.2, 0.25) is 5.78 Å². The topological polar surface area (TPSA) is 247 Å². The molecule has 0 aliphatic heterocycles. The fourth-order valence-electron chi connectivity index (χ4n) is 1.80. The Labute approximate surface area is 168 Å². The molecular weight excluding hydrogens is 416 g/mol. The molecule has 30 heavy (non-hydrogen) atoms. The summed E-state index contributed by atoms with van der Waals surface area (Å²) in [6.45, 7) is -2.25. The van der Waals surface area contributed by atoms with E-state index in [1.54, 1.807) is 0 Å². The second kappa shape index (κ2) is 15.3. The Kier molecular flexibility index (Phi) is 14.6. The van der Waals surface area contributed by atoms with E-state index >= 15 is 0 Å². The highest BCUT2D eigenvalue weighted by molar-refractivity contribution is 6.32. The number of carbonyl (C=O) groups excluding carboxylic acids is 1. The molecule has 0 aliphatic carbocycles. The van der Waals surface area contributed by atoms with Crippen LogP contribution in [-0.4, -0.2) is 121 Å². The molecule has 6 N–H and O–H groups in total. The van der Waals surface area contributed by atoms with Gasteiger partial charge in [-0.3, -0.25) is 38.6 Å². The van der Waals surface area contributed by atoms with Crippen molar-refractivity contribution in [1.82, 2.24) is 9.80 Å². The van der Waals surface area contributed by atoms with E-state index in [1.807, 2.05) is 0 Å². The van der Waals surface area contributed by atoms with Gasteiger partial charge in [-0.1, -0.05) is 0 Å². The lowest BCUT2D eigenvalue weighted by Gasteiger charge is -2.23. The molecule has 0 aromatic heterocycles. The Morgan fingerprint density at radius 1 is 0.467 bits per heavy atom. The van der Waals surface area contributed by atoms with Crippen molar-refractivity contribution >= 4 is 41.6 Å². The maximum atomic E-state index is 10.6. The highest BCUT2D eigenvalue weighted by Gasteiger charge is 2.18. The number of nitrogens with zero attached hydrogens (tertiary/aromatic N) is 2. The number of carbonyl (C=O) groups is 7. The van der Waals surface area contributed by atoms with Crippen molar-refractivity contribution in [3.63, 3.8) is 0 Å². The van der Waals surface area contributed by atoms with Crippen LogP contribution in [0.1, 0.15) is 12.8 Å². The smallest absolute Gasteiger partial charge is 0.372 e. The van der Waals surface area contributed by atoms with E-state index in [-0.39, 0.29) is 13.1 Å². The van der Waals surface area contributed by atoms with Crippen LogP contribution in [0.3, 0.4) is 0 Å². The second-order valence-corrected chi connectivity index (χ2v) is 5.62. The number of carboxylic acid groups (broad SMARTS) is 6. The van der Waals surface area contributed by atoms with Crippen LogP contribution in [-0.2, 0) is 33.6 Å². The first-order chi connectivity index (χ1) is 13.7. The molecule has 0 aromatic rings. The van der Waals surface area contributed by atoms with Crippen molar-refractivity contribution in [3.05, 3.63) is 0 Å². The molecule has 0 aliphatic rings. The molecule has 0 amide bonds. The van der Waals surface area contributed by atoms with Crippen LogP contribution >= 0.6 is 0 Å². The van der Waals surface area contributed by atoms with Gasteiger partial charge in [0, 0.05) is 19.5 Å². The third kappa shape index (κ3) is 19.2. The van der Waals surface area contributed by atoms with E-state index in [9.17, 15) is 33.6 Å². The van der Waals surface area contributed by atoms with Crippen LogP contribution in [0, 0.1) is 0 Å². The van der Waals surface area contributed by atoms with E-state index in [1.165, 1.54) is 0 Å². The van der Waals surface area contributed by atoms with E-state index < -0.39 is 80.6 Å². The van der Waals surface area contributed by atoms with Crippen molar-refractivity contribution in [2.24, 2.45) is 0 Å². The molecule has 170 valence electrons. The lowest BCUT2D eigenvalue weighted by atomic mass is 10.2. The number of ketones is 1. The van der Waals surface area contributed by atoms with E-state index in [2.05, 4.69) is 0 Å². The van der Waals surface area contributed by atoms with Crippen molar-refractivity contribution in [1.29, 1.82) is 0 Å². The molecule has 0 saturated heterocycles. The fraction of sp³-hybridized carbons (Fsp3) is 0.533. The molecule has 0 spiro atoms. The second-order valence-electron chi connectivity index (χ2n) is 5.62. The van der Waals surface area contributed by atoms with Gasteiger partial charge in [0.1, 0.15) is 0 Å².